The maximum atomic E-state index is 12.3. The minimum Gasteiger partial charge on any atom is -0.445 e. The molecule has 0 saturated carbocycles. The smallest absolute Gasteiger partial charge is 0.445 e. The predicted molar refractivity (Wildman–Crippen MR) is 95.5 cm³/mol. The highest BCUT2D eigenvalue weighted by atomic mass is 19.4. The van der Waals surface area contributed by atoms with Crippen LogP contribution in [0.1, 0.15) is 36.9 Å². The number of halogens is 3. The summed E-state index contributed by atoms with van der Waals surface area (Å²) >= 11 is 0. The Labute approximate surface area is 160 Å². The van der Waals surface area contributed by atoms with Crippen LogP contribution in [0.5, 0.6) is 5.75 Å². The lowest BCUT2D eigenvalue weighted by Gasteiger charge is -2.19. The summed E-state index contributed by atoms with van der Waals surface area (Å²) in [4.78, 5) is 24.0. The molecular weight excluding hydrogens is 375 g/mol. The van der Waals surface area contributed by atoms with Gasteiger partial charge in [-0.1, -0.05) is 49.4 Å². The molecule has 0 saturated heterocycles. The van der Waals surface area contributed by atoms with Crippen molar-refractivity contribution >= 4 is 11.9 Å². The van der Waals surface area contributed by atoms with Crippen LogP contribution in [0, 0.1) is 0 Å². The van der Waals surface area contributed by atoms with Crippen LogP contribution in [0.4, 0.5) is 18.0 Å². The summed E-state index contributed by atoms with van der Waals surface area (Å²) < 4.78 is 45.8. The zero-order valence-corrected chi connectivity index (χ0v) is 15.2. The maximum Gasteiger partial charge on any atom is 0.573 e. The van der Waals surface area contributed by atoms with Crippen molar-refractivity contribution in [3.8, 4) is 5.75 Å². The fraction of sp³-hybridized carbons (Fsp3) is 0.300. The van der Waals surface area contributed by atoms with Crippen molar-refractivity contribution < 1.29 is 32.2 Å². The van der Waals surface area contributed by atoms with E-state index in [1.807, 2.05) is 18.2 Å². The van der Waals surface area contributed by atoms with Crippen molar-refractivity contribution in [2.45, 2.75) is 38.8 Å². The van der Waals surface area contributed by atoms with Crippen LogP contribution < -0.4 is 10.1 Å². The second-order valence-corrected chi connectivity index (χ2v) is 5.97. The van der Waals surface area contributed by atoms with E-state index >= 15 is 0 Å². The molecule has 2 aromatic carbocycles. The van der Waals surface area contributed by atoms with E-state index in [1.54, 1.807) is 19.1 Å². The monoisotopic (exact) mass is 395 g/mol. The molecule has 0 aliphatic carbocycles. The summed E-state index contributed by atoms with van der Waals surface area (Å²) in [5.41, 5.74) is 1.26. The van der Waals surface area contributed by atoms with Crippen molar-refractivity contribution in [2.24, 2.45) is 0 Å². The number of rotatable bonds is 8. The Kier molecular flexibility index (Phi) is 7.43. The summed E-state index contributed by atoms with van der Waals surface area (Å²) in [6, 6.07) is 13.3. The third-order valence-electron chi connectivity index (χ3n) is 3.85. The highest BCUT2D eigenvalue weighted by Crippen LogP contribution is 2.26. The van der Waals surface area contributed by atoms with E-state index in [-0.39, 0.29) is 31.0 Å². The van der Waals surface area contributed by atoms with Gasteiger partial charge in [0.1, 0.15) is 18.1 Å². The standard InChI is InChI=1S/C20H20F3NO4/c1-2-16(25)12-18(15-8-10-17(11-9-15)28-20(21,22)23)24-19(26)27-13-14-6-4-3-5-7-14/h3-11,18H,2,12-13H2,1H3,(H,24,26)/t18-/m1/s1. The van der Waals surface area contributed by atoms with Gasteiger partial charge in [-0.2, -0.15) is 0 Å². The van der Waals surface area contributed by atoms with Gasteiger partial charge < -0.3 is 14.8 Å². The molecule has 1 N–H and O–H groups in total. The van der Waals surface area contributed by atoms with Crippen LogP contribution in [0.25, 0.3) is 0 Å². The van der Waals surface area contributed by atoms with Crippen molar-refractivity contribution in [2.75, 3.05) is 0 Å². The summed E-state index contributed by atoms with van der Waals surface area (Å²) in [5.74, 6) is -0.493. The summed E-state index contributed by atoms with van der Waals surface area (Å²) in [5, 5.41) is 2.59. The van der Waals surface area contributed by atoms with Gasteiger partial charge in [-0.25, -0.2) is 4.79 Å². The number of alkyl halides is 3. The number of nitrogens with one attached hydrogen (secondary N) is 1. The third kappa shape index (κ3) is 7.30. The zero-order chi connectivity index (χ0) is 20.6. The number of Topliss-reactive ketones (excluding diaryl/α,β-unsaturated/α-hetero) is 1. The molecule has 1 amide bonds. The molecular formula is C20H20F3NO4. The number of ether oxygens (including phenoxy) is 2. The van der Waals surface area contributed by atoms with E-state index in [0.717, 1.165) is 17.7 Å². The van der Waals surface area contributed by atoms with Crippen LogP contribution in [-0.2, 0) is 16.1 Å². The van der Waals surface area contributed by atoms with Gasteiger partial charge >= 0.3 is 12.5 Å². The maximum absolute atomic E-state index is 12.3. The Hall–Kier alpha value is -3.03. The normalized spacial score (nSPS) is 12.1. The van der Waals surface area contributed by atoms with Crippen LogP contribution in [0.15, 0.2) is 54.6 Å². The molecule has 2 aromatic rings. The van der Waals surface area contributed by atoms with E-state index in [0.29, 0.717) is 5.56 Å². The Morgan fingerprint density at radius 2 is 1.68 bits per heavy atom. The van der Waals surface area contributed by atoms with Gasteiger partial charge in [0.25, 0.3) is 0 Å². The number of ketones is 1. The molecule has 0 aromatic heterocycles. The molecule has 0 spiro atoms. The molecule has 5 nitrogen and oxygen atoms in total. The lowest BCUT2D eigenvalue weighted by molar-refractivity contribution is -0.274. The molecule has 28 heavy (non-hydrogen) atoms. The Balaban J connectivity index is 2.04. The molecule has 8 heteroatoms. The Morgan fingerprint density at radius 1 is 1.04 bits per heavy atom. The highest BCUT2D eigenvalue weighted by molar-refractivity contribution is 5.79. The lowest BCUT2D eigenvalue weighted by Crippen LogP contribution is -2.30. The third-order valence-corrected chi connectivity index (χ3v) is 3.85. The Bertz CT molecular complexity index is 776. The number of amides is 1. The van der Waals surface area contributed by atoms with Crippen molar-refractivity contribution in [1.29, 1.82) is 0 Å². The van der Waals surface area contributed by atoms with E-state index < -0.39 is 18.5 Å². The van der Waals surface area contributed by atoms with Crippen LogP contribution in [0.2, 0.25) is 0 Å². The van der Waals surface area contributed by atoms with Crippen molar-refractivity contribution in [3.05, 3.63) is 65.7 Å². The number of alkyl carbamates (subject to hydrolysis) is 1. The van der Waals surface area contributed by atoms with Gasteiger partial charge in [0.05, 0.1) is 6.04 Å². The first-order valence-corrected chi connectivity index (χ1v) is 8.61. The fourth-order valence-electron chi connectivity index (χ4n) is 2.43. The van der Waals surface area contributed by atoms with Gasteiger partial charge in [-0.15, -0.1) is 13.2 Å². The molecule has 0 aliphatic heterocycles. The highest BCUT2D eigenvalue weighted by Gasteiger charge is 2.31. The molecule has 0 radical (unpaired) electrons. The van der Waals surface area contributed by atoms with Gasteiger partial charge in [-0.3, -0.25) is 4.79 Å². The SMILES string of the molecule is CCC(=O)C[C@@H](NC(=O)OCc1ccccc1)c1ccc(OC(F)(F)F)cc1. The van der Waals surface area contributed by atoms with Gasteiger partial charge in [0.15, 0.2) is 0 Å². The van der Waals surface area contributed by atoms with Gasteiger partial charge in [-0.05, 0) is 23.3 Å². The van der Waals surface area contributed by atoms with E-state index in [2.05, 4.69) is 10.1 Å². The van der Waals surface area contributed by atoms with E-state index in [1.165, 1.54) is 12.1 Å². The van der Waals surface area contributed by atoms with Crippen LogP contribution in [-0.4, -0.2) is 18.2 Å². The Morgan fingerprint density at radius 3 is 2.25 bits per heavy atom. The molecule has 0 bridgehead atoms. The first-order valence-electron chi connectivity index (χ1n) is 8.61. The molecule has 0 aliphatic rings. The largest absolute Gasteiger partial charge is 0.573 e. The summed E-state index contributed by atoms with van der Waals surface area (Å²) in [6.07, 6.45) is -5.25. The number of carbonyl (C=O) groups excluding carboxylic acids is 2. The molecule has 2 rings (SSSR count). The van der Waals surface area contributed by atoms with Crippen LogP contribution in [0.3, 0.4) is 0 Å². The zero-order valence-electron chi connectivity index (χ0n) is 15.2. The average molecular weight is 395 g/mol. The minimum atomic E-state index is -4.79. The second kappa shape index (κ2) is 9.77. The topological polar surface area (TPSA) is 64.6 Å². The molecule has 150 valence electrons. The number of hydrogen-bond donors (Lipinski definition) is 1. The average Bonchev–Trinajstić information content (AvgIpc) is 2.66. The van der Waals surface area contributed by atoms with Gasteiger partial charge in [0, 0.05) is 12.8 Å². The number of benzene rings is 2. The second-order valence-electron chi connectivity index (χ2n) is 5.97. The molecule has 0 unspecified atom stereocenters. The fourth-order valence-corrected chi connectivity index (χ4v) is 2.43. The quantitative estimate of drug-likeness (QED) is 0.689. The predicted octanol–water partition coefficient (Wildman–Crippen LogP) is 4.92. The first kappa shape index (κ1) is 21.3. The molecule has 0 heterocycles. The molecule has 0 fully saturated rings. The van der Waals surface area contributed by atoms with Crippen molar-refractivity contribution in [3.63, 3.8) is 0 Å². The number of hydrogen-bond acceptors (Lipinski definition) is 4. The minimum absolute atomic E-state index is 0.00356. The molecule has 1 atom stereocenters. The van der Waals surface area contributed by atoms with Crippen molar-refractivity contribution in [1.82, 2.24) is 5.32 Å². The van der Waals surface area contributed by atoms with E-state index in [4.69, 9.17) is 4.74 Å². The lowest BCUT2D eigenvalue weighted by atomic mass is 10.0. The summed E-state index contributed by atoms with van der Waals surface area (Å²) in [6.45, 7) is 1.74. The number of carbonyl (C=O) groups is 2. The van der Waals surface area contributed by atoms with Crippen LogP contribution >= 0.6 is 0 Å². The van der Waals surface area contributed by atoms with Gasteiger partial charge in [0.2, 0.25) is 0 Å². The first-order chi connectivity index (χ1) is 13.3. The van der Waals surface area contributed by atoms with E-state index in [9.17, 15) is 22.8 Å². The summed E-state index contributed by atoms with van der Waals surface area (Å²) in [7, 11) is 0.